The van der Waals surface area contributed by atoms with Gasteiger partial charge in [0.25, 0.3) is 0 Å². The first-order valence-electron chi connectivity index (χ1n) is 5.99. The van der Waals surface area contributed by atoms with Crippen LogP contribution in [0.25, 0.3) is 0 Å². The Morgan fingerprint density at radius 3 is 3.11 bits per heavy atom. The summed E-state index contributed by atoms with van der Waals surface area (Å²) >= 11 is 0. The lowest BCUT2D eigenvalue weighted by Crippen LogP contribution is -2.46. The van der Waals surface area contributed by atoms with E-state index in [-0.39, 0.29) is 12.1 Å². The smallest absolute Gasteiger partial charge is 0.336 e. The van der Waals surface area contributed by atoms with Gasteiger partial charge in [-0.15, -0.1) is 0 Å². The Bertz CT molecular complexity index is 538. The molecule has 92 valence electrons. The fraction of sp³-hybridized carbons (Fsp3) is 0.231. The number of nitrogens with one attached hydrogen (secondary N) is 1. The highest BCUT2D eigenvalue weighted by molar-refractivity contribution is 5.94. The number of nitrogens with zero attached hydrogens (tertiary/aromatic N) is 3. The van der Waals surface area contributed by atoms with Crippen molar-refractivity contribution in [3.8, 4) is 0 Å². The SMILES string of the molecule is CCNC(=O)N1c2ccccc2C2C=CC=NN21. The lowest BCUT2D eigenvalue weighted by Gasteiger charge is -2.29. The number of rotatable bonds is 1. The van der Waals surface area contributed by atoms with Crippen molar-refractivity contribution in [1.29, 1.82) is 0 Å². The third kappa shape index (κ3) is 1.48. The Morgan fingerprint density at radius 1 is 1.44 bits per heavy atom. The van der Waals surface area contributed by atoms with Gasteiger partial charge in [0, 0.05) is 18.3 Å². The molecule has 0 spiro atoms. The van der Waals surface area contributed by atoms with Crippen LogP contribution >= 0.6 is 0 Å². The molecular formula is C13H14N4O. The summed E-state index contributed by atoms with van der Waals surface area (Å²) in [6.07, 6.45) is 5.62. The van der Waals surface area contributed by atoms with Gasteiger partial charge in [-0.3, -0.25) is 0 Å². The Morgan fingerprint density at radius 2 is 2.28 bits per heavy atom. The second-order valence-corrected chi connectivity index (χ2v) is 4.12. The lowest BCUT2D eigenvalue weighted by molar-refractivity contribution is 0.207. The van der Waals surface area contributed by atoms with Gasteiger partial charge in [-0.05, 0) is 19.1 Å². The topological polar surface area (TPSA) is 47.9 Å². The largest absolute Gasteiger partial charge is 0.342 e. The van der Waals surface area contributed by atoms with Crippen molar-refractivity contribution in [3.05, 3.63) is 42.0 Å². The van der Waals surface area contributed by atoms with E-state index < -0.39 is 0 Å². The monoisotopic (exact) mass is 242 g/mol. The summed E-state index contributed by atoms with van der Waals surface area (Å²) < 4.78 is 0. The quantitative estimate of drug-likeness (QED) is 0.819. The summed E-state index contributed by atoms with van der Waals surface area (Å²) in [7, 11) is 0. The van der Waals surface area contributed by atoms with Crippen LogP contribution in [0.3, 0.4) is 0 Å². The van der Waals surface area contributed by atoms with Crippen molar-refractivity contribution in [2.75, 3.05) is 11.6 Å². The average Bonchev–Trinajstić information content (AvgIpc) is 2.73. The minimum atomic E-state index is -0.153. The first-order valence-corrected chi connectivity index (χ1v) is 5.99. The van der Waals surface area contributed by atoms with Crippen molar-refractivity contribution >= 4 is 17.9 Å². The number of anilines is 1. The molecule has 0 saturated carbocycles. The minimum Gasteiger partial charge on any atom is -0.336 e. The average molecular weight is 242 g/mol. The molecule has 1 atom stereocenters. The molecule has 3 rings (SSSR count). The lowest BCUT2D eigenvalue weighted by atomic mass is 10.1. The van der Waals surface area contributed by atoms with E-state index in [4.69, 9.17) is 0 Å². The van der Waals surface area contributed by atoms with Crippen molar-refractivity contribution in [2.24, 2.45) is 5.10 Å². The van der Waals surface area contributed by atoms with Crippen LogP contribution < -0.4 is 10.3 Å². The van der Waals surface area contributed by atoms with Crippen LogP contribution in [0.5, 0.6) is 0 Å². The number of para-hydroxylation sites is 1. The number of amides is 2. The predicted molar refractivity (Wildman–Crippen MR) is 70.2 cm³/mol. The Labute approximate surface area is 105 Å². The van der Waals surface area contributed by atoms with Crippen LogP contribution in [0.1, 0.15) is 18.5 Å². The zero-order valence-electron chi connectivity index (χ0n) is 10.1. The van der Waals surface area contributed by atoms with E-state index in [9.17, 15) is 4.79 Å². The number of carbonyl (C=O) groups excluding carboxylic acids is 1. The maximum absolute atomic E-state index is 12.1. The third-order valence-corrected chi connectivity index (χ3v) is 3.02. The third-order valence-electron chi connectivity index (χ3n) is 3.02. The molecule has 1 N–H and O–H groups in total. The molecule has 2 amide bonds. The summed E-state index contributed by atoms with van der Waals surface area (Å²) in [6.45, 7) is 2.49. The number of carbonyl (C=O) groups is 1. The molecule has 0 aliphatic carbocycles. The second-order valence-electron chi connectivity index (χ2n) is 4.12. The number of benzene rings is 1. The van der Waals surface area contributed by atoms with E-state index in [1.54, 1.807) is 16.3 Å². The van der Waals surface area contributed by atoms with E-state index in [2.05, 4.69) is 10.4 Å². The zero-order valence-corrected chi connectivity index (χ0v) is 10.1. The highest BCUT2D eigenvalue weighted by Gasteiger charge is 2.38. The van der Waals surface area contributed by atoms with E-state index in [0.717, 1.165) is 11.3 Å². The molecule has 1 aromatic carbocycles. The van der Waals surface area contributed by atoms with Crippen molar-refractivity contribution in [1.82, 2.24) is 10.4 Å². The summed E-state index contributed by atoms with van der Waals surface area (Å²) in [6, 6.07) is 7.72. The summed E-state index contributed by atoms with van der Waals surface area (Å²) in [5.41, 5.74) is 1.98. The van der Waals surface area contributed by atoms with Crippen LogP contribution in [-0.4, -0.2) is 23.9 Å². The van der Waals surface area contributed by atoms with Gasteiger partial charge in [0.05, 0.1) is 5.69 Å². The molecule has 18 heavy (non-hydrogen) atoms. The Hall–Kier alpha value is -2.30. The van der Waals surface area contributed by atoms with E-state index in [1.165, 1.54) is 0 Å². The molecule has 0 bridgehead atoms. The Kier molecular flexibility index (Phi) is 2.51. The van der Waals surface area contributed by atoms with Gasteiger partial charge in [0.15, 0.2) is 0 Å². The molecule has 0 saturated heterocycles. The first kappa shape index (κ1) is 10.8. The Balaban J connectivity index is 2.05. The molecule has 2 aliphatic rings. The van der Waals surface area contributed by atoms with Gasteiger partial charge in [0.1, 0.15) is 6.04 Å². The molecule has 0 aromatic heterocycles. The highest BCUT2D eigenvalue weighted by atomic mass is 16.2. The van der Waals surface area contributed by atoms with Crippen LogP contribution in [-0.2, 0) is 0 Å². The fourth-order valence-corrected chi connectivity index (χ4v) is 2.28. The molecule has 2 heterocycles. The fourth-order valence-electron chi connectivity index (χ4n) is 2.28. The number of hydrogen-bond donors (Lipinski definition) is 1. The minimum absolute atomic E-state index is 0.00815. The number of urea groups is 1. The molecule has 5 heteroatoms. The standard InChI is InChI=1S/C13H14N4O/c1-2-14-13(18)16-11-7-4-3-6-10(11)12-8-5-9-15-17(12)16/h3-9,12H,2H2,1H3,(H,14,18). The van der Waals surface area contributed by atoms with Crippen LogP contribution in [0, 0.1) is 0 Å². The summed E-state index contributed by atoms with van der Waals surface area (Å²) in [5.74, 6) is 0. The van der Waals surface area contributed by atoms with Gasteiger partial charge < -0.3 is 5.32 Å². The zero-order chi connectivity index (χ0) is 12.5. The van der Waals surface area contributed by atoms with Crippen molar-refractivity contribution in [2.45, 2.75) is 13.0 Å². The van der Waals surface area contributed by atoms with Crippen LogP contribution in [0.4, 0.5) is 10.5 Å². The maximum Gasteiger partial charge on any atom is 0.342 e. The van der Waals surface area contributed by atoms with Gasteiger partial charge in [-0.2, -0.15) is 15.2 Å². The molecule has 1 aromatic rings. The normalized spacial score (nSPS) is 19.7. The van der Waals surface area contributed by atoms with Crippen LogP contribution in [0.2, 0.25) is 0 Å². The predicted octanol–water partition coefficient (Wildman–Crippen LogP) is 2.05. The van der Waals surface area contributed by atoms with E-state index in [0.29, 0.717) is 6.54 Å². The number of hydrazine groups is 1. The van der Waals surface area contributed by atoms with Gasteiger partial charge in [0.2, 0.25) is 0 Å². The molecule has 0 radical (unpaired) electrons. The molecule has 0 fully saturated rings. The molecule has 5 nitrogen and oxygen atoms in total. The molecule has 1 unspecified atom stereocenters. The number of fused-ring (bicyclic) bond motifs is 3. The van der Waals surface area contributed by atoms with Gasteiger partial charge in [-0.1, -0.05) is 24.3 Å². The van der Waals surface area contributed by atoms with E-state index in [1.807, 2.05) is 43.3 Å². The maximum atomic E-state index is 12.1. The van der Waals surface area contributed by atoms with Crippen LogP contribution in [0.15, 0.2) is 41.5 Å². The summed E-state index contributed by atoms with van der Waals surface area (Å²) in [5, 5.41) is 10.4. The van der Waals surface area contributed by atoms with Gasteiger partial charge in [-0.25, -0.2) is 4.79 Å². The molecular weight excluding hydrogens is 228 g/mol. The highest BCUT2D eigenvalue weighted by Crippen LogP contribution is 2.41. The first-order chi connectivity index (χ1) is 8.83. The number of allylic oxidation sites excluding steroid dienone is 1. The number of hydrazone groups is 1. The van der Waals surface area contributed by atoms with Crippen molar-refractivity contribution in [3.63, 3.8) is 0 Å². The van der Waals surface area contributed by atoms with Gasteiger partial charge >= 0.3 is 6.03 Å². The van der Waals surface area contributed by atoms with E-state index >= 15 is 0 Å². The number of hydrogen-bond acceptors (Lipinski definition) is 3. The van der Waals surface area contributed by atoms with Crippen molar-refractivity contribution < 1.29 is 4.79 Å². The molecule has 2 aliphatic heterocycles. The second kappa shape index (κ2) is 4.18. The summed E-state index contributed by atoms with van der Waals surface area (Å²) in [4.78, 5) is 12.1.